The van der Waals surface area contributed by atoms with E-state index in [2.05, 4.69) is 10.3 Å². The Morgan fingerprint density at radius 3 is 2.45 bits per heavy atom. The lowest BCUT2D eigenvalue weighted by Gasteiger charge is -2.03. The summed E-state index contributed by atoms with van der Waals surface area (Å²) >= 11 is 19.0. The summed E-state index contributed by atoms with van der Waals surface area (Å²) in [5.41, 5.74) is 1.42. The van der Waals surface area contributed by atoms with Crippen LogP contribution >= 0.6 is 46.1 Å². The van der Waals surface area contributed by atoms with Crippen LogP contribution in [0.1, 0.15) is 0 Å². The highest BCUT2D eigenvalue weighted by molar-refractivity contribution is 7.19. The molecule has 1 N–H and O–H groups in total. The Labute approximate surface area is 145 Å². The van der Waals surface area contributed by atoms with E-state index in [1.165, 1.54) is 23.5 Å². The van der Waals surface area contributed by atoms with Gasteiger partial charge in [-0.15, -0.1) is 0 Å². The van der Waals surface area contributed by atoms with Crippen LogP contribution in [-0.4, -0.2) is 4.98 Å². The summed E-state index contributed by atoms with van der Waals surface area (Å²) in [6.45, 7) is 0. The first-order valence-electron chi connectivity index (χ1n) is 6.16. The van der Waals surface area contributed by atoms with Crippen molar-refractivity contribution in [1.29, 1.82) is 0 Å². The number of hydrogen-bond donors (Lipinski definition) is 1. The Balaban J connectivity index is 1.87. The van der Waals surface area contributed by atoms with Crippen molar-refractivity contribution >= 4 is 57.0 Å². The lowest BCUT2D eigenvalue weighted by Crippen LogP contribution is -1.87. The Hall–Kier alpha value is -1.33. The zero-order valence-corrected chi connectivity index (χ0v) is 14.0. The van der Waals surface area contributed by atoms with Crippen LogP contribution in [0.5, 0.6) is 0 Å². The van der Waals surface area contributed by atoms with Crippen LogP contribution in [0.25, 0.3) is 10.4 Å². The molecule has 0 saturated heterocycles. The molecular weight excluding hydrogens is 366 g/mol. The largest absolute Gasteiger partial charge is 0.332 e. The summed E-state index contributed by atoms with van der Waals surface area (Å²) in [7, 11) is 0. The zero-order chi connectivity index (χ0) is 15.7. The molecule has 0 atom stereocenters. The van der Waals surface area contributed by atoms with Gasteiger partial charge in [0.15, 0.2) is 5.13 Å². The average Bonchev–Trinajstić information content (AvgIpc) is 2.93. The minimum absolute atomic E-state index is 0.00206. The minimum atomic E-state index is -0.512. The number of halogens is 4. The van der Waals surface area contributed by atoms with Crippen LogP contribution in [0.3, 0.4) is 0 Å². The number of thiazole rings is 1. The third-order valence-corrected chi connectivity index (χ3v) is 4.68. The van der Waals surface area contributed by atoms with Crippen molar-refractivity contribution < 1.29 is 4.39 Å². The Morgan fingerprint density at radius 2 is 1.73 bits per heavy atom. The predicted molar refractivity (Wildman–Crippen MR) is 92.3 cm³/mol. The quantitative estimate of drug-likeness (QED) is 0.520. The van der Waals surface area contributed by atoms with Gasteiger partial charge >= 0.3 is 0 Å². The van der Waals surface area contributed by atoms with Crippen molar-refractivity contribution in [3.8, 4) is 10.4 Å². The minimum Gasteiger partial charge on any atom is -0.332 e. The van der Waals surface area contributed by atoms with Gasteiger partial charge in [0.05, 0.1) is 14.9 Å². The third kappa shape index (κ3) is 3.36. The molecule has 3 aromatic rings. The number of nitrogens with zero attached hydrogens (tertiary/aromatic N) is 1. The fourth-order valence-electron chi connectivity index (χ4n) is 1.82. The predicted octanol–water partition coefficient (Wildman–Crippen LogP) is 6.65. The average molecular weight is 374 g/mol. The molecule has 0 fully saturated rings. The number of hydrogen-bond acceptors (Lipinski definition) is 3. The summed E-state index contributed by atoms with van der Waals surface area (Å²) in [5, 5.41) is 4.86. The molecule has 7 heteroatoms. The summed E-state index contributed by atoms with van der Waals surface area (Å²) in [5.74, 6) is -0.512. The van der Waals surface area contributed by atoms with Crippen LogP contribution in [-0.2, 0) is 0 Å². The van der Waals surface area contributed by atoms with Crippen molar-refractivity contribution in [2.75, 3.05) is 5.32 Å². The van der Waals surface area contributed by atoms with Gasteiger partial charge in [-0.2, -0.15) is 0 Å². The molecule has 1 heterocycles. The van der Waals surface area contributed by atoms with E-state index in [0.29, 0.717) is 20.7 Å². The number of benzene rings is 2. The molecule has 22 heavy (non-hydrogen) atoms. The van der Waals surface area contributed by atoms with E-state index in [4.69, 9.17) is 34.8 Å². The lowest BCUT2D eigenvalue weighted by atomic mass is 10.2. The standard InChI is InChI=1S/C15H8Cl3FN2S/c16-8-1-3-9(4-2-8)21-15-20-7-14(22-15)10-5-13(19)12(18)6-11(10)17/h1-7H,(H,20,21). The molecular formula is C15H8Cl3FN2S. The topological polar surface area (TPSA) is 24.9 Å². The number of nitrogens with one attached hydrogen (secondary N) is 1. The molecule has 3 rings (SSSR count). The van der Waals surface area contributed by atoms with Gasteiger partial charge in [-0.25, -0.2) is 9.37 Å². The molecule has 0 saturated carbocycles. The van der Waals surface area contributed by atoms with Gasteiger partial charge in [-0.05, 0) is 36.4 Å². The molecule has 2 nitrogen and oxygen atoms in total. The monoisotopic (exact) mass is 372 g/mol. The Bertz CT molecular complexity index is 818. The van der Waals surface area contributed by atoms with E-state index in [1.54, 1.807) is 18.3 Å². The second kappa shape index (κ2) is 6.42. The van der Waals surface area contributed by atoms with Crippen LogP contribution < -0.4 is 5.32 Å². The first kappa shape index (κ1) is 15.6. The van der Waals surface area contributed by atoms with Crippen molar-refractivity contribution in [2.24, 2.45) is 0 Å². The third-order valence-electron chi connectivity index (χ3n) is 2.88. The normalized spacial score (nSPS) is 10.7. The van der Waals surface area contributed by atoms with Gasteiger partial charge in [-0.3, -0.25) is 0 Å². The maximum atomic E-state index is 13.6. The second-order valence-electron chi connectivity index (χ2n) is 4.41. The maximum absolute atomic E-state index is 13.6. The summed E-state index contributed by atoms with van der Waals surface area (Å²) < 4.78 is 13.6. The van der Waals surface area contributed by atoms with Gasteiger partial charge in [0.25, 0.3) is 0 Å². The van der Waals surface area contributed by atoms with Gasteiger partial charge in [0.2, 0.25) is 0 Å². The van der Waals surface area contributed by atoms with E-state index in [9.17, 15) is 4.39 Å². The van der Waals surface area contributed by atoms with Crippen LogP contribution in [0.4, 0.5) is 15.2 Å². The fraction of sp³-hybridized carbons (Fsp3) is 0. The van der Waals surface area contributed by atoms with Crippen LogP contribution in [0.2, 0.25) is 15.1 Å². The van der Waals surface area contributed by atoms with Gasteiger partial charge in [0, 0.05) is 22.5 Å². The highest BCUT2D eigenvalue weighted by Gasteiger charge is 2.12. The van der Waals surface area contributed by atoms with Crippen molar-refractivity contribution in [3.63, 3.8) is 0 Å². The molecule has 0 amide bonds. The SMILES string of the molecule is Fc1cc(-c2cnc(Nc3ccc(Cl)cc3)s2)c(Cl)cc1Cl. The molecule has 0 unspecified atom stereocenters. The van der Waals surface area contributed by atoms with E-state index >= 15 is 0 Å². The fourth-order valence-corrected chi connectivity index (χ4v) is 3.36. The van der Waals surface area contributed by atoms with E-state index < -0.39 is 5.82 Å². The maximum Gasteiger partial charge on any atom is 0.187 e. The van der Waals surface area contributed by atoms with Crippen molar-refractivity contribution in [1.82, 2.24) is 4.98 Å². The zero-order valence-electron chi connectivity index (χ0n) is 10.9. The molecule has 0 aliphatic carbocycles. The molecule has 2 aromatic carbocycles. The smallest absolute Gasteiger partial charge is 0.187 e. The summed E-state index contributed by atoms with van der Waals surface area (Å²) in [4.78, 5) is 5.01. The molecule has 1 aromatic heterocycles. The van der Waals surface area contributed by atoms with E-state index in [-0.39, 0.29) is 5.02 Å². The van der Waals surface area contributed by atoms with Crippen LogP contribution in [0, 0.1) is 5.82 Å². The first-order chi connectivity index (χ1) is 10.5. The van der Waals surface area contributed by atoms with Crippen molar-refractivity contribution in [3.05, 3.63) is 63.5 Å². The molecule has 0 spiro atoms. The Kier molecular flexibility index (Phi) is 4.54. The number of anilines is 2. The summed E-state index contributed by atoms with van der Waals surface area (Å²) in [6.07, 6.45) is 1.64. The number of aromatic nitrogens is 1. The van der Waals surface area contributed by atoms with Gasteiger partial charge < -0.3 is 5.32 Å². The lowest BCUT2D eigenvalue weighted by molar-refractivity contribution is 0.629. The molecule has 112 valence electrons. The van der Waals surface area contributed by atoms with Crippen LogP contribution in [0.15, 0.2) is 42.6 Å². The highest BCUT2D eigenvalue weighted by Crippen LogP contribution is 2.37. The van der Waals surface area contributed by atoms with Gasteiger partial charge in [-0.1, -0.05) is 46.1 Å². The number of rotatable bonds is 3. The molecule has 0 radical (unpaired) electrons. The summed E-state index contributed by atoms with van der Waals surface area (Å²) in [6, 6.07) is 9.95. The molecule has 0 aliphatic heterocycles. The first-order valence-corrected chi connectivity index (χ1v) is 8.11. The Morgan fingerprint density at radius 1 is 1.00 bits per heavy atom. The van der Waals surface area contributed by atoms with E-state index in [0.717, 1.165) is 10.6 Å². The highest BCUT2D eigenvalue weighted by atomic mass is 35.5. The van der Waals surface area contributed by atoms with Gasteiger partial charge in [0.1, 0.15) is 5.82 Å². The second-order valence-corrected chi connectivity index (χ2v) is 6.69. The van der Waals surface area contributed by atoms with Crippen molar-refractivity contribution in [2.45, 2.75) is 0 Å². The van der Waals surface area contributed by atoms with E-state index in [1.807, 2.05) is 12.1 Å². The molecule has 0 aliphatic rings. The molecule has 0 bridgehead atoms.